The van der Waals surface area contributed by atoms with Gasteiger partial charge in [0.05, 0.1) is 13.0 Å². The standard InChI is InChI=1S/C11H26N4O2/c1-2-17-11(16)3-5-13-7-9-15-10-8-14-6-4-12/h13-15H,2-10,12H2,1H3. The number of nitrogens with two attached hydrogens (primary N) is 1. The predicted molar refractivity (Wildman–Crippen MR) is 68.9 cm³/mol. The van der Waals surface area contributed by atoms with E-state index in [9.17, 15) is 4.79 Å². The Morgan fingerprint density at radius 3 is 2.06 bits per heavy atom. The van der Waals surface area contributed by atoms with E-state index in [1.165, 1.54) is 0 Å². The number of carbonyl (C=O) groups is 1. The summed E-state index contributed by atoms with van der Waals surface area (Å²) in [7, 11) is 0. The average Bonchev–Trinajstić information content (AvgIpc) is 2.32. The van der Waals surface area contributed by atoms with Crippen LogP contribution in [0.1, 0.15) is 13.3 Å². The van der Waals surface area contributed by atoms with E-state index in [4.69, 9.17) is 10.5 Å². The molecule has 0 atom stereocenters. The van der Waals surface area contributed by atoms with E-state index in [1.54, 1.807) is 0 Å². The van der Waals surface area contributed by atoms with Crippen LogP contribution in [-0.2, 0) is 9.53 Å². The Kier molecular flexibility index (Phi) is 12.8. The van der Waals surface area contributed by atoms with Crippen LogP contribution < -0.4 is 21.7 Å². The fraction of sp³-hybridized carbons (Fsp3) is 0.909. The molecule has 6 nitrogen and oxygen atoms in total. The number of ether oxygens (including phenoxy) is 1. The zero-order valence-electron chi connectivity index (χ0n) is 10.8. The molecule has 0 saturated carbocycles. The molecule has 0 bridgehead atoms. The molecule has 17 heavy (non-hydrogen) atoms. The van der Waals surface area contributed by atoms with E-state index < -0.39 is 0 Å². The van der Waals surface area contributed by atoms with Crippen LogP contribution in [0.2, 0.25) is 0 Å². The minimum atomic E-state index is -0.140. The van der Waals surface area contributed by atoms with Crippen LogP contribution in [0.5, 0.6) is 0 Å². The second-order valence-corrected chi connectivity index (χ2v) is 3.59. The maximum Gasteiger partial charge on any atom is 0.307 e. The van der Waals surface area contributed by atoms with Gasteiger partial charge < -0.3 is 26.4 Å². The van der Waals surface area contributed by atoms with Crippen LogP contribution in [0, 0.1) is 0 Å². The van der Waals surface area contributed by atoms with Gasteiger partial charge in [-0.2, -0.15) is 0 Å². The monoisotopic (exact) mass is 246 g/mol. The number of hydrogen-bond donors (Lipinski definition) is 4. The molecule has 0 heterocycles. The summed E-state index contributed by atoms with van der Waals surface area (Å²) >= 11 is 0. The van der Waals surface area contributed by atoms with Crippen LogP contribution >= 0.6 is 0 Å². The van der Waals surface area contributed by atoms with Crippen LogP contribution in [0.3, 0.4) is 0 Å². The van der Waals surface area contributed by atoms with E-state index in [0.29, 0.717) is 26.1 Å². The molecule has 6 heteroatoms. The minimum absolute atomic E-state index is 0.140. The molecule has 5 N–H and O–H groups in total. The molecule has 0 aliphatic rings. The largest absolute Gasteiger partial charge is 0.466 e. The maximum absolute atomic E-state index is 11.0. The third kappa shape index (κ3) is 13.2. The van der Waals surface area contributed by atoms with Crippen molar-refractivity contribution in [3.05, 3.63) is 0 Å². The predicted octanol–water partition coefficient (Wildman–Crippen LogP) is -1.33. The second-order valence-electron chi connectivity index (χ2n) is 3.59. The summed E-state index contributed by atoms with van der Waals surface area (Å²) in [5.74, 6) is -0.140. The van der Waals surface area contributed by atoms with Crippen molar-refractivity contribution in [2.45, 2.75) is 13.3 Å². The van der Waals surface area contributed by atoms with Crippen molar-refractivity contribution in [2.24, 2.45) is 5.73 Å². The van der Waals surface area contributed by atoms with Gasteiger partial charge in [-0.15, -0.1) is 0 Å². The van der Waals surface area contributed by atoms with Crippen molar-refractivity contribution in [1.82, 2.24) is 16.0 Å². The minimum Gasteiger partial charge on any atom is -0.466 e. The van der Waals surface area contributed by atoms with Gasteiger partial charge >= 0.3 is 5.97 Å². The third-order valence-electron chi connectivity index (χ3n) is 2.09. The first-order valence-electron chi connectivity index (χ1n) is 6.29. The van der Waals surface area contributed by atoms with Crippen molar-refractivity contribution in [3.63, 3.8) is 0 Å². The zero-order valence-corrected chi connectivity index (χ0v) is 10.8. The third-order valence-corrected chi connectivity index (χ3v) is 2.09. The number of carbonyl (C=O) groups excluding carboxylic acids is 1. The molecule has 0 aliphatic carbocycles. The second kappa shape index (κ2) is 13.4. The van der Waals surface area contributed by atoms with E-state index in [1.807, 2.05) is 6.92 Å². The van der Waals surface area contributed by atoms with Gasteiger partial charge in [-0.1, -0.05) is 0 Å². The van der Waals surface area contributed by atoms with Crippen LogP contribution in [0.4, 0.5) is 0 Å². The van der Waals surface area contributed by atoms with Crippen molar-refractivity contribution in [3.8, 4) is 0 Å². The van der Waals surface area contributed by atoms with E-state index in [2.05, 4.69) is 16.0 Å². The molecule has 0 fully saturated rings. The van der Waals surface area contributed by atoms with Crippen molar-refractivity contribution in [1.29, 1.82) is 0 Å². The summed E-state index contributed by atoms with van der Waals surface area (Å²) in [6.45, 7) is 8.09. The van der Waals surface area contributed by atoms with Gasteiger partial charge in [0.1, 0.15) is 0 Å². The Morgan fingerprint density at radius 2 is 1.53 bits per heavy atom. The lowest BCUT2D eigenvalue weighted by atomic mass is 10.4. The lowest BCUT2D eigenvalue weighted by Gasteiger charge is -2.07. The van der Waals surface area contributed by atoms with Crippen molar-refractivity contribution >= 4 is 5.97 Å². The van der Waals surface area contributed by atoms with Gasteiger partial charge in [-0.3, -0.25) is 4.79 Å². The lowest BCUT2D eigenvalue weighted by molar-refractivity contribution is -0.142. The Balaban J connectivity index is 3.01. The first kappa shape index (κ1) is 16.3. The molecule has 0 aliphatic heterocycles. The summed E-state index contributed by atoms with van der Waals surface area (Å²) in [5, 5.41) is 9.65. The highest BCUT2D eigenvalue weighted by atomic mass is 16.5. The Morgan fingerprint density at radius 1 is 1.00 bits per heavy atom. The molecule has 0 amide bonds. The smallest absolute Gasteiger partial charge is 0.307 e. The summed E-state index contributed by atoms with van der Waals surface area (Å²) in [4.78, 5) is 11.0. The summed E-state index contributed by atoms with van der Waals surface area (Å²) < 4.78 is 4.81. The quantitative estimate of drug-likeness (QED) is 0.252. The molecule has 0 unspecified atom stereocenters. The van der Waals surface area contributed by atoms with Crippen LogP contribution in [0.15, 0.2) is 0 Å². The lowest BCUT2D eigenvalue weighted by Crippen LogP contribution is -2.34. The normalized spacial score (nSPS) is 10.5. The van der Waals surface area contributed by atoms with Gasteiger partial charge in [-0.25, -0.2) is 0 Å². The summed E-state index contributed by atoms with van der Waals surface area (Å²) in [6, 6.07) is 0. The summed E-state index contributed by atoms with van der Waals surface area (Å²) in [6.07, 6.45) is 0.436. The first-order valence-corrected chi connectivity index (χ1v) is 6.29. The van der Waals surface area contributed by atoms with Gasteiger partial charge in [0.25, 0.3) is 0 Å². The highest BCUT2D eigenvalue weighted by molar-refractivity contribution is 5.69. The molecule has 0 aromatic rings. The van der Waals surface area contributed by atoms with Gasteiger partial charge in [-0.05, 0) is 6.92 Å². The highest BCUT2D eigenvalue weighted by Crippen LogP contribution is 1.83. The molecule has 0 aromatic heterocycles. The van der Waals surface area contributed by atoms with E-state index >= 15 is 0 Å². The van der Waals surface area contributed by atoms with Crippen LogP contribution in [0.25, 0.3) is 0 Å². The number of rotatable bonds is 12. The fourth-order valence-electron chi connectivity index (χ4n) is 1.25. The number of hydrogen-bond acceptors (Lipinski definition) is 6. The summed E-state index contributed by atoms with van der Waals surface area (Å²) in [5.41, 5.74) is 5.34. The van der Waals surface area contributed by atoms with Gasteiger partial charge in [0.2, 0.25) is 0 Å². The molecule has 0 radical (unpaired) electrons. The Labute approximate surface area is 104 Å². The molecule has 0 aromatic carbocycles. The number of esters is 1. The average molecular weight is 246 g/mol. The fourth-order valence-corrected chi connectivity index (χ4v) is 1.25. The SMILES string of the molecule is CCOC(=O)CCNCCNCCNCCN. The molecular weight excluding hydrogens is 220 g/mol. The van der Waals surface area contributed by atoms with E-state index in [-0.39, 0.29) is 5.97 Å². The molecule has 0 saturated heterocycles. The topological polar surface area (TPSA) is 88.4 Å². The van der Waals surface area contributed by atoms with Crippen molar-refractivity contribution < 1.29 is 9.53 Å². The Hall–Kier alpha value is -0.690. The van der Waals surface area contributed by atoms with Gasteiger partial charge in [0.15, 0.2) is 0 Å². The van der Waals surface area contributed by atoms with Crippen molar-refractivity contribution in [2.75, 3.05) is 52.4 Å². The maximum atomic E-state index is 11.0. The number of nitrogens with one attached hydrogen (secondary N) is 3. The van der Waals surface area contributed by atoms with E-state index in [0.717, 1.165) is 32.7 Å². The highest BCUT2D eigenvalue weighted by Gasteiger charge is 1.99. The van der Waals surface area contributed by atoms with Crippen LogP contribution in [-0.4, -0.2) is 58.4 Å². The molecular formula is C11H26N4O2. The molecule has 102 valence electrons. The molecule has 0 spiro atoms. The Bertz CT molecular complexity index is 179. The first-order chi connectivity index (χ1) is 8.31. The van der Waals surface area contributed by atoms with Gasteiger partial charge in [0, 0.05) is 45.8 Å². The molecule has 0 rings (SSSR count). The zero-order chi connectivity index (χ0) is 12.8.